The van der Waals surface area contributed by atoms with E-state index < -0.39 is 6.04 Å². The van der Waals surface area contributed by atoms with E-state index in [0.717, 1.165) is 0 Å². The quantitative estimate of drug-likeness (QED) is 0.891. The van der Waals surface area contributed by atoms with Gasteiger partial charge in [-0.1, -0.05) is 32.0 Å². The van der Waals surface area contributed by atoms with E-state index in [9.17, 15) is 9.59 Å². The Hall–Kier alpha value is -2.56. The van der Waals surface area contributed by atoms with E-state index >= 15 is 0 Å². The third-order valence-corrected chi connectivity index (χ3v) is 3.60. The van der Waals surface area contributed by atoms with Gasteiger partial charge in [0.25, 0.3) is 5.91 Å². The van der Waals surface area contributed by atoms with Crippen molar-refractivity contribution < 1.29 is 14.0 Å². The molecule has 122 valence electrons. The lowest BCUT2D eigenvalue weighted by Gasteiger charge is -2.26. The van der Waals surface area contributed by atoms with Gasteiger partial charge in [-0.15, -0.1) is 0 Å². The molecule has 1 atom stereocenters. The summed E-state index contributed by atoms with van der Waals surface area (Å²) in [6, 6.07) is 11.9. The minimum Gasteiger partial charge on any atom is -0.467 e. The Morgan fingerprint density at radius 3 is 2.39 bits per heavy atom. The first-order valence-electron chi connectivity index (χ1n) is 7.62. The first-order chi connectivity index (χ1) is 11.0. The lowest BCUT2D eigenvalue weighted by atomic mass is 10.0. The number of rotatable bonds is 6. The van der Waals surface area contributed by atoms with Gasteiger partial charge in [-0.05, 0) is 30.2 Å². The number of furan rings is 1. The first kappa shape index (κ1) is 16.8. The zero-order valence-corrected chi connectivity index (χ0v) is 13.7. The van der Waals surface area contributed by atoms with Crippen molar-refractivity contribution in [3.05, 3.63) is 60.1 Å². The molecule has 0 aliphatic carbocycles. The van der Waals surface area contributed by atoms with E-state index in [1.165, 1.54) is 0 Å². The summed E-state index contributed by atoms with van der Waals surface area (Å²) in [5.41, 5.74) is 0.541. The smallest absolute Gasteiger partial charge is 0.251 e. The molecule has 0 aliphatic heterocycles. The van der Waals surface area contributed by atoms with E-state index in [0.29, 0.717) is 17.9 Å². The number of carbonyl (C=O) groups excluding carboxylic acids is 2. The molecule has 0 saturated carbocycles. The first-order valence-corrected chi connectivity index (χ1v) is 7.62. The maximum Gasteiger partial charge on any atom is 0.251 e. The van der Waals surface area contributed by atoms with Crippen LogP contribution in [0.4, 0.5) is 0 Å². The molecule has 1 heterocycles. The molecule has 0 radical (unpaired) electrons. The van der Waals surface area contributed by atoms with Crippen molar-refractivity contribution in [2.24, 2.45) is 5.92 Å². The molecule has 2 amide bonds. The number of hydrogen-bond donors (Lipinski definition) is 1. The number of nitrogens with zero attached hydrogens (tertiary/aromatic N) is 1. The van der Waals surface area contributed by atoms with Crippen LogP contribution in [0.2, 0.25) is 0 Å². The van der Waals surface area contributed by atoms with Crippen molar-refractivity contribution in [1.82, 2.24) is 10.2 Å². The fourth-order valence-electron chi connectivity index (χ4n) is 2.28. The summed E-state index contributed by atoms with van der Waals surface area (Å²) in [5.74, 6) is 0.302. The average Bonchev–Trinajstić information content (AvgIpc) is 3.05. The summed E-state index contributed by atoms with van der Waals surface area (Å²) in [5, 5.41) is 2.83. The van der Waals surface area contributed by atoms with Crippen LogP contribution in [0.5, 0.6) is 0 Å². The highest BCUT2D eigenvalue weighted by molar-refractivity contribution is 5.97. The van der Waals surface area contributed by atoms with Crippen LogP contribution in [-0.4, -0.2) is 29.8 Å². The van der Waals surface area contributed by atoms with Gasteiger partial charge >= 0.3 is 0 Å². The third-order valence-electron chi connectivity index (χ3n) is 3.60. The van der Waals surface area contributed by atoms with E-state index in [4.69, 9.17) is 4.42 Å². The van der Waals surface area contributed by atoms with Crippen LogP contribution in [0, 0.1) is 5.92 Å². The lowest BCUT2D eigenvalue weighted by Crippen LogP contribution is -2.50. The Balaban J connectivity index is 2.05. The largest absolute Gasteiger partial charge is 0.467 e. The van der Waals surface area contributed by atoms with Crippen LogP contribution < -0.4 is 5.32 Å². The van der Waals surface area contributed by atoms with Gasteiger partial charge in [0, 0.05) is 12.6 Å². The minimum atomic E-state index is -0.581. The molecular weight excluding hydrogens is 292 g/mol. The summed E-state index contributed by atoms with van der Waals surface area (Å²) in [4.78, 5) is 26.5. The van der Waals surface area contributed by atoms with Crippen molar-refractivity contribution in [2.75, 3.05) is 7.05 Å². The summed E-state index contributed by atoms with van der Waals surface area (Å²) in [6.45, 7) is 4.19. The van der Waals surface area contributed by atoms with Crippen LogP contribution >= 0.6 is 0 Å². The highest BCUT2D eigenvalue weighted by Crippen LogP contribution is 2.11. The molecule has 1 aromatic carbocycles. The highest BCUT2D eigenvalue weighted by Gasteiger charge is 2.27. The summed E-state index contributed by atoms with van der Waals surface area (Å²) in [6.07, 6.45) is 1.57. The molecule has 1 aromatic heterocycles. The van der Waals surface area contributed by atoms with Gasteiger partial charge in [0.05, 0.1) is 12.8 Å². The van der Waals surface area contributed by atoms with E-state index in [-0.39, 0.29) is 17.7 Å². The topological polar surface area (TPSA) is 62.6 Å². The summed E-state index contributed by atoms with van der Waals surface area (Å²) >= 11 is 0. The number of hydrogen-bond acceptors (Lipinski definition) is 3. The fourth-order valence-corrected chi connectivity index (χ4v) is 2.28. The van der Waals surface area contributed by atoms with Gasteiger partial charge in [0.2, 0.25) is 5.91 Å². The predicted molar refractivity (Wildman–Crippen MR) is 87.7 cm³/mol. The van der Waals surface area contributed by atoms with Gasteiger partial charge in [0.1, 0.15) is 11.8 Å². The maximum absolute atomic E-state index is 12.6. The molecular formula is C18H22N2O3. The van der Waals surface area contributed by atoms with Crippen molar-refractivity contribution in [3.63, 3.8) is 0 Å². The zero-order chi connectivity index (χ0) is 16.8. The Morgan fingerprint density at radius 2 is 1.83 bits per heavy atom. The molecule has 1 N–H and O–H groups in total. The SMILES string of the molecule is CC(C)C(NC(=O)c1ccccc1)C(=O)N(C)Cc1ccco1. The van der Waals surface area contributed by atoms with E-state index in [1.54, 1.807) is 48.5 Å². The van der Waals surface area contributed by atoms with Crippen molar-refractivity contribution in [2.45, 2.75) is 26.4 Å². The van der Waals surface area contributed by atoms with Crippen LogP contribution in [-0.2, 0) is 11.3 Å². The van der Waals surface area contributed by atoms with Crippen LogP contribution in [0.3, 0.4) is 0 Å². The highest BCUT2D eigenvalue weighted by atomic mass is 16.3. The molecule has 0 saturated heterocycles. The Bertz CT molecular complexity index is 636. The minimum absolute atomic E-state index is 0.0192. The lowest BCUT2D eigenvalue weighted by molar-refractivity contribution is -0.133. The molecule has 1 unspecified atom stereocenters. The van der Waals surface area contributed by atoms with Crippen molar-refractivity contribution >= 4 is 11.8 Å². The average molecular weight is 314 g/mol. The molecule has 0 fully saturated rings. The number of benzene rings is 1. The van der Waals surface area contributed by atoms with E-state index in [2.05, 4.69) is 5.32 Å². The maximum atomic E-state index is 12.6. The number of nitrogens with one attached hydrogen (secondary N) is 1. The molecule has 23 heavy (non-hydrogen) atoms. The third kappa shape index (κ3) is 4.45. The number of amides is 2. The molecule has 0 bridgehead atoms. The number of likely N-dealkylation sites (N-methyl/N-ethyl adjacent to an activating group) is 1. The summed E-state index contributed by atoms with van der Waals surface area (Å²) < 4.78 is 5.26. The normalized spacial score (nSPS) is 12.0. The van der Waals surface area contributed by atoms with Gasteiger partial charge in [-0.25, -0.2) is 0 Å². The van der Waals surface area contributed by atoms with Crippen molar-refractivity contribution in [1.29, 1.82) is 0 Å². The molecule has 2 aromatic rings. The van der Waals surface area contributed by atoms with Gasteiger partial charge in [0.15, 0.2) is 0 Å². The molecule has 0 spiro atoms. The Kier molecular flexibility index (Phi) is 5.57. The standard InChI is InChI=1S/C18H22N2O3/c1-13(2)16(19-17(21)14-8-5-4-6-9-14)18(22)20(3)12-15-10-7-11-23-15/h4-11,13,16H,12H2,1-3H3,(H,19,21). The Morgan fingerprint density at radius 1 is 1.13 bits per heavy atom. The number of carbonyl (C=O) groups is 2. The van der Waals surface area contributed by atoms with Gasteiger partial charge in [-0.3, -0.25) is 9.59 Å². The molecule has 5 heteroatoms. The fraction of sp³-hybridized carbons (Fsp3) is 0.333. The summed E-state index contributed by atoms with van der Waals surface area (Å²) in [7, 11) is 1.70. The molecule has 5 nitrogen and oxygen atoms in total. The van der Waals surface area contributed by atoms with Crippen molar-refractivity contribution in [3.8, 4) is 0 Å². The second-order valence-electron chi connectivity index (χ2n) is 5.83. The molecule has 2 rings (SSSR count). The predicted octanol–water partition coefficient (Wildman–Crippen LogP) is 2.69. The Labute approximate surface area is 136 Å². The monoisotopic (exact) mass is 314 g/mol. The second kappa shape index (κ2) is 7.63. The van der Waals surface area contributed by atoms with Gasteiger partial charge < -0.3 is 14.6 Å². The zero-order valence-electron chi connectivity index (χ0n) is 13.7. The van der Waals surface area contributed by atoms with Crippen LogP contribution in [0.15, 0.2) is 53.1 Å². The van der Waals surface area contributed by atoms with Crippen LogP contribution in [0.1, 0.15) is 30.0 Å². The van der Waals surface area contributed by atoms with Crippen LogP contribution in [0.25, 0.3) is 0 Å². The molecule has 0 aliphatic rings. The van der Waals surface area contributed by atoms with Gasteiger partial charge in [-0.2, -0.15) is 0 Å². The second-order valence-corrected chi connectivity index (χ2v) is 5.83. The van der Waals surface area contributed by atoms with E-state index in [1.807, 2.05) is 26.0 Å².